The molecule has 8 heteroatoms. The van der Waals surface area contributed by atoms with Crippen molar-refractivity contribution in [2.24, 2.45) is 0 Å². The van der Waals surface area contributed by atoms with Crippen LogP contribution in [0.2, 0.25) is 0 Å². The number of Topliss-reactive ketones (excluding diaryl/α,β-unsaturated/α-hetero) is 1. The Morgan fingerprint density at radius 2 is 2.18 bits per heavy atom. The molecule has 17 heavy (non-hydrogen) atoms. The summed E-state index contributed by atoms with van der Waals surface area (Å²) < 4.78 is 29.2. The molecule has 1 unspecified atom stereocenters. The summed E-state index contributed by atoms with van der Waals surface area (Å²) in [7, 11) is -1.48. The average Bonchev–Trinajstić information content (AvgIpc) is 2.76. The van der Waals surface area contributed by atoms with Gasteiger partial charge in [-0.05, 0) is 11.4 Å². The van der Waals surface area contributed by atoms with Crippen LogP contribution in [-0.2, 0) is 19.6 Å². The molecule has 2 rings (SSSR count). The fourth-order valence-corrected chi connectivity index (χ4v) is 4.42. The van der Waals surface area contributed by atoms with Gasteiger partial charge in [0, 0.05) is 7.05 Å². The molecule has 0 saturated heterocycles. The smallest absolute Gasteiger partial charge is 0.332 e. The van der Waals surface area contributed by atoms with E-state index in [0.29, 0.717) is 0 Å². The third kappa shape index (κ3) is 1.60. The number of methoxy groups -OCH3 is 1. The molecule has 1 aromatic heterocycles. The predicted molar refractivity (Wildman–Crippen MR) is 59.4 cm³/mol. The lowest BCUT2D eigenvalue weighted by Crippen LogP contribution is -2.51. The predicted octanol–water partition coefficient (Wildman–Crippen LogP) is 0.107. The highest BCUT2D eigenvalue weighted by Crippen LogP contribution is 2.33. The third-order valence-corrected chi connectivity index (χ3v) is 5.83. The van der Waals surface area contributed by atoms with Crippen LogP contribution in [-0.4, -0.2) is 44.7 Å². The van der Waals surface area contributed by atoms with Crippen molar-refractivity contribution in [3.63, 3.8) is 0 Å². The molecule has 0 fully saturated rings. The van der Waals surface area contributed by atoms with Gasteiger partial charge in [-0.3, -0.25) is 4.79 Å². The SMILES string of the molecule is COC(=O)C1C(=O)c2ccsc2S(=O)(=O)N1C. The monoisotopic (exact) mass is 275 g/mol. The number of carbonyl (C=O) groups excluding carboxylic acids is 2. The zero-order chi connectivity index (χ0) is 12.8. The van der Waals surface area contributed by atoms with Gasteiger partial charge in [-0.1, -0.05) is 0 Å². The van der Waals surface area contributed by atoms with E-state index >= 15 is 0 Å². The van der Waals surface area contributed by atoms with Crippen LogP contribution in [0.4, 0.5) is 0 Å². The Labute approximate surface area is 102 Å². The summed E-state index contributed by atoms with van der Waals surface area (Å²) in [5.41, 5.74) is 0.0588. The van der Waals surface area contributed by atoms with E-state index in [0.717, 1.165) is 22.8 Å². The fourth-order valence-electron chi connectivity index (χ4n) is 1.63. The summed E-state index contributed by atoms with van der Waals surface area (Å²) in [6.45, 7) is 0. The van der Waals surface area contributed by atoms with E-state index in [1.807, 2.05) is 0 Å². The molecular weight excluding hydrogens is 266 g/mol. The maximum Gasteiger partial charge on any atom is 0.332 e. The molecule has 6 nitrogen and oxygen atoms in total. The maximum atomic E-state index is 12.0. The van der Waals surface area contributed by atoms with Crippen LogP contribution in [0, 0.1) is 0 Å². The summed E-state index contributed by atoms with van der Waals surface area (Å²) in [6, 6.07) is -0.0184. The van der Waals surface area contributed by atoms with Gasteiger partial charge in [-0.25, -0.2) is 13.2 Å². The minimum atomic E-state index is -3.78. The number of carbonyl (C=O) groups is 2. The maximum absolute atomic E-state index is 12.0. The number of ether oxygens (including phenoxy) is 1. The second kappa shape index (κ2) is 3.90. The largest absolute Gasteiger partial charge is 0.467 e. The van der Waals surface area contributed by atoms with Gasteiger partial charge in [0.2, 0.25) is 0 Å². The Hall–Kier alpha value is -1.25. The molecule has 1 aliphatic rings. The van der Waals surface area contributed by atoms with Gasteiger partial charge in [0.15, 0.2) is 11.8 Å². The highest BCUT2D eigenvalue weighted by molar-refractivity contribution is 7.91. The summed E-state index contributed by atoms with van der Waals surface area (Å²) >= 11 is 0.959. The minimum absolute atomic E-state index is 0.0230. The van der Waals surface area contributed by atoms with Crippen molar-refractivity contribution in [2.45, 2.75) is 10.3 Å². The highest BCUT2D eigenvalue weighted by Gasteiger charge is 2.46. The highest BCUT2D eigenvalue weighted by atomic mass is 32.2. The van der Waals surface area contributed by atoms with Gasteiger partial charge in [0.05, 0.1) is 12.7 Å². The van der Waals surface area contributed by atoms with E-state index < -0.39 is 27.8 Å². The normalized spacial score (nSPS) is 23.2. The topological polar surface area (TPSA) is 80.8 Å². The van der Waals surface area contributed by atoms with Crippen LogP contribution in [0.25, 0.3) is 0 Å². The molecule has 0 amide bonds. The van der Waals surface area contributed by atoms with Gasteiger partial charge in [0.25, 0.3) is 10.0 Å². The summed E-state index contributed by atoms with van der Waals surface area (Å²) in [5, 5.41) is 1.51. The molecule has 0 spiro atoms. The number of rotatable bonds is 1. The van der Waals surface area contributed by atoms with Gasteiger partial charge >= 0.3 is 5.97 Å². The van der Waals surface area contributed by atoms with Crippen LogP contribution in [0.5, 0.6) is 0 Å². The standard InChI is InChI=1S/C9H9NO5S2/c1-10-6(8(12)15-2)7(11)5-3-4-16-9(5)17(10,13)14/h3-4,6H,1-2H3. The van der Waals surface area contributed by atoms with E-state index in [1.165, 1.54) is 18.5 Å². The minimum Gasteiger partial charge on any atom is -0.467 e. The molecule has 0 N–H and O–H groups in total. The number of hydrogen-bond donors (Lipinski definition) is 0. The van der Waals surface area contributed by atoms with Crippen molar-refractivity contribution in [1.29, 1.82) is 0 Å². The quantitative estimate of drug-likeness (QED) is 0.536. The van der Waals surface area contributed by atoms with Crippen LogP contribution < -0.4 is 0 Å². The van der Waals surface area contributed by atoms with Crippen molar-refractivity contribution < 1.29 is 22.7 Å². The number of hydrogen-bond acceptors (Lipinski definition) is 6. The molecule has 0 aliphatic carbocycles. The van der Waals surface area contributed by atoms with Crippen molar-refractivity contribution in [2.75, 3.05) is 14.2 Å². The number of thiophene rings is 1. The Morgan fingerprint density at radius 3 is 2.76 bits per heavy atom. The van der Waals surface area contributed by atoms with Crippen molar-refractivity contribution in [1.82, 2.24) is 4.31 Å². The lowest BCUT2D eigenvalue weighted by Gasteiger charge is -2.28. The first-order valence-electron chi connectivity index (χ1n) is 4.59. The molecule has 0 bridgehead atoms. The van der Waals surface area contributed by atoms with Gasteiger partial charge in [-0.2, -0.15) is 4.31 Å². The van der Waals surface area contributed by atoms with Gasteiger partial charge in [0.1, 0.15) is 4.21 Å². The van der Waals surface area contributed by atoms with Gasteiger partial charge < -0.3 is 4.74 Å². The molecule has 2 heterocycles. The Kier molecular flexibility index (Phi) is 2.80. The van der Waals surface area contributed by atoms with E-state index in [-0.39, 0.29) is 9.77 Å². The first kappa shape index (κ1) is 12.2. The van der Waals surface area contributed by atoms with Crippen LogP contribution >= 0.6 is 11.3 Å². The number of likely N-dealkylation sites (N-methyl/N-ethyl adjacent to an activating group) is 1. The Morgan fingerprint density at radius 1 is 1.53 bits per heavy atom. The molecule has 92 valence electrons. The number of nitrogens with zero attached hydrogens (tertiary/aromatic N) is 1. The zero-order valence-electron chi connectivity index (χ0n) is 9.04. The molecule has 1 atom stereocenters. The average molecular weight is 275 g/mol. The Bertz CT molecular complexity index is 588. The number of ketones is 1. The molecule has 1 aliphatic heterocycles. The Balaban J connectivity index is 2.64. The van der Waals surface area contributed by atoms with Crippen LogP contribution in [0.3, 0.4) is 0 Å². The van der Waals surface area contributed by atoms with Crippen LogP contribution in [0.1, 0.15) is 10.4 Å². The molecule has 0 radical (unpaired) electrons. The van der Waals surface area contributed by atoms with E-state index in [4.69, 9.17) is 0 Å². The van der Waals surface area contributed by atoms with Gasteiger partial charge in [-0.15, -0.1) is 11.3 Å². The second-order valence-corrected chi connectivity index (χ2v) is 6.54. The molecular formula is C9H9NO5S2. The number of esters is 1. The van der Waals surface area contributed by atoms with Crippen molar-refractivity contribution >= 4 is 33.1 Å². The van der Waals surface area contributed by atoms with E-state index in [2.05, 4.69) is 4.74 Å². The zero-order valence-corrected chi connectivity index (χ0v) is 10.7. The van der Waals surface area contributed by atoms with E-state index in [9.17, 15) is 18.0 Å². The first-order chi connectivity index (χ1) is 7.91. The molecule has 1 aromatic rings. The number of sulfonamides is 1. The lowest BCUT2D eigenvalue weighted by molar-refractivity contribution is -0.143. The van der Waals surface area contributed by atoms with Crippen LogP contribution in [0.15, 0.2) is 15.7 Å². The lowest BCUT2D eigenvalue weighted by atomic mass is 10.1. The molecule has 0 aromatic carbocycles. The van der Waals surface area contributed by atoms with E-state index in [1.54, 1.807) is 0 Å². The molecule has 0 saturated carbocycles. The summed E-state index contributed by atoms with van der Waals surface area (Å²) in [5.74, 6) is -1.43. The first-order valence-corrected chi connectivity index (χ1v) is 6.90. The summed E-state index contributed by atoms with van der Waals surface area (Å²) in [4.78, 5) is 23.4. The van der Waals surface area contributed by atoms with Crippen molar-refractivity contribution in [3.05, 3.63) is 17.0 Å². The summed E-state index contributed by atoms with van der Waals surface area (Å²) in [6.07, 6.45) is 0. The van der Waals surface area contributed by atoms with Crippen molar-refractivity contribution in [3.8, 4) is 0 Å². The number of fused-ring (bicyclic) bond motifs is 1. The second-order valence-electron chi connectivity index (χ2n) is 3.43. The third-order valence-electron chi connectivity index (χ3n) is 2.54. The fraction of sp³-hybridized carbons (Fsp3) is 0.333.